The topological polar surface area (TPSA) is 75.7 Å². The number of methoxy groups -OCH3 is 2. The minimum absolute atomic E-state index is 0.236. The number of hydrogen-bond acceptors (Lipinski definition) is 5. The van der Waals surface area contributed by atoms with Crippen molar-refractivity contribution >= 4 is 11.8 Å². The average Bonchev–Trinajstić information content (AvgIpc) is 2.78. The number of urea groups is 1. The number of rotatable bonds is 7. The van der Waals surface area contributed by atoms with Crippen LogP contribution in [0.4, 0.5) is 10.6 Å². The van der Waals surface area contributed by atoms with Crippen molar-refractivity contribution in [3.05, 3.63) is 47.7 Å². The van der Waals surface area contributed by atoms with Crippen molar-refractivity contribution in [3.8, 4) is 11.5 Å². The Morgan fingerprint density at radius 1 is 1.14 bits per heavy atom. The molecule has 0 saturated carbocycles. The van der Waals surface area contributed by atoms with Gasteiger partial charge < -0.3 is 25.0 Å². The number of nitrogens with zero attached hydrogens (tertiary/aromatic N) is 2. The molecule has 1 aromatic carbocycles. The summed E-state index contributed by atoms with van der Waals surface area (Å²) in [6.45, 7) is 4.46. The van der Waals surface area contributed by atoms with E-state index in [9.17, 15) is 4.79 Å². The van der Waals surface area contributed by atoms with E-state index in [1.54, 1.807) is 14.2 Å². The van der Waals surface area contributed by atoms with Crippen molar-refractivity contribution in [2.45, 2.75) is 38.8 Å². The lowest BCUT2D eigenvalue weighted by atomic mass is 10.1. The molecule has 1 unspecified atom stereocenters. The fourth-order valence-corrected chi connectivity index (χ4v) is 3.52. The van der Waals surface area contributed by atoms with Crippen molar-refractivity contribution < 1.29 is 14.3 Å². The first-order valence-electron chi connectivity index (χ1n) is 10.1. The number of amides is 2. The molecule has 0 aliphatic carbocycles. The highest BCUT2D eigenvalue weighted by Crippen LogP contribution is 2.29. The third-order valence-corrected chi connectivity index (χ3v) is 5.19. The molecule has 7 nitrogen and oxygen atoms in total. The van der Waals surface area contributed by atoms with Crippen LogP contribution in [0.15, 0.2) is 36.5 Å². The van der Waals surface area contributed by atoms with Gasteiger partial charge >= 0.3 is 6.03 Å². The van der Waals surface area contributed by atoms with Crippen molar-refractivity contribution in [2.24, 2.45) is 0 Å². The Hall–Kier alpha value is -2.96. The minimum atomic E-state index is -0.248. The molecule has 2 heterocycles. The molecule has 1 saturated heterocycles. The van der Waals surface area contributed by atoms with Gasteiger partial charge in [-0.3, -0.25) is 0 Å². The highest BCUT2D eigenvalue weighted by Gasteiger charge is 2.15. The van der Waals surface area contributed by atoms with Crippen molar-refractivity contribution in [3.63, 3.8) is 0 Å². The molecule has 0 spiro atoms. The van der Waals surface area contributed by atoms with Gasteiger partial charge in [0, 0.05) is 31.4 Å². The molecule has 0 bridgehead atoms. The van der Waals surface area contributed by atoms with Crippen molar-refractivity contribution in [1.82, 2.24) is 15.6 Å². The highest BCUT2D eigenvalue weighted by atomic mass is 16.5. The Morgan fingerprint density at radius 2 is 1.93 bits per heavy atom. The Morgan fingerprint density at radius 3 is 2.59 bits per heavy atom. The normalized spacial score (nSPS) is 14.8. The third-order valence-electron chi connectivity index (χ3n) is 5.19. The SMILES string of the molecule is COc1ccc(OC)c(C(C)NC(=O)NCc2ccc(N3CCCCC3)nc2)c1. The van der Waals surface area contributed by atoms with Gasteiger partial charge in [-0.1, -0.05) is 6.07 Å². The molecule has 29 heavy (non-hydrogen) atoms. The van der Waals surface area contributed by atoms with E-state index in [0.29, 0.717) is 12.3 Å². The summed E-state index contributed by atoms with van der Waals surface area (Å²) in [5, 5.41) is 5.83. The van der Waals surface area contributed by atoms with Gasteiger partial charge in [0.05, 0.1) is 20.3 Å². The first-order valence-corrected chi connectivity index (χ1v) is 10.1. The molecule has 1 aliphatic rings. The number of ether oxygens (including phenoxy) is 2. The number of carbonyl (C=O) groups is 1. The van der Waals surface area contributed by atoms with E-state index in [4.69, 9.17) is 9.47 Å². The first-order chi connectivity index (χ1) is 14.1. The van der Waals surface area contributed by atoms with Gasteiger partial charge in [0.2, 0.25) is 0 Å². The first kappa shape index (κ1) is 20.8. The maximum atomic E-state index is 12.3. The number of anilines is 1. The summed E-state index contributed by atoms with van der Waals surface area (Å²) in [6, 6.07) is 9.10. The highest BCUT2D eigenvalue weighted by molar-refractivity contribution is 5.74. The number of aromatic nitrogens is 1. The summed E-state index contributed by atoms with van der Waals surface area (Å²) in [7, 11) is 3.22. The van der Waals surface area contributed by atoms with Gasteiger partial charge in [-0.25, -0.2) is 9.78 Å². The van der Waals surface area contributed by atoms with Crippen LogP contribution in [0.25, 0.3) is 0 Å². The standard InChI is InChI=1S/C22H30N4O3/c1-16(19-13-18(28-2)8-9-20(19)29-3)25-22(27)24-15-17-7-10-21(23-14-17)26-11-5-4-6-12-26/h7-10,13-14,16H,4-6,11-12,15H2,1-3H3,(H2,24,25,27). The number of benzene rings is 1. The molecule has 7 heteroatoms. The van der Waals surface area contributed by atoms with E-state index in [-0.39, 0.29) is 12.1 Å². The molecule has 2 aromatic rings. The minimum Gasteiger partial charge on any atom is -0.497 e. The molecule has 1 atom stereocenters. The molecule has 2 amide bonds. The predicted molar refractivity (Wildman–Crippen MR) is 114 cm³/mol. The molecule has 156 valence electrons. The summed E-state index contributed by atoms with van der Waals surface area (Å²) in [6.07, 6.45) is 5.58. The molecule has 3 rings (SSSR count). The average molecular weight is 399 g/mol. The maximum Gasteiger partial charge on any atom is 0.315 e. The molecule has 0 radical (unpaired) electrons. The van der Waals surface area contributed by atoms with E-state index in [2.05, 4.69) is 20.5 Å². The van der Waals surface area contributed by atoms with Crippen LogP contribution in [0.3, 0.4) is 0 Å². The fraction of sp³-hybridized carbons (Fsp3) is 0.455. The summed E-state index contributed by atoms with van der Waals surface area (Å²) in [4.78, 5) is 19.2. The van der Waals surface area contributed by atoms with E-state index < -0.39 is 0 Å². The second-order valence-electron chi connectivity index (χ2n) is 7.23. The Labute approximate surface area is 172 Å². The van der Waals surface area contributed by atoms with Crippen LogP contribution in [0.5, 0.6) is 11.5 Å². The quantitative estimate of drug-likeness (QED) is 0.745. The number of hydrogen-bond donors (Lipinski definition) is 2. The Bertz CT molecular complexity index is 804. The molecule has 1 aliphatic heterocycles. The zero-order valence-electron chi connectivity index (χ0n) is 17.4. The Kier molecular flexibility index (Phi) is 7.16. The van der Waals surface area contributed by atoms with E-state index >= 15 is 0 Å². The van der Waals surface area contributed by atoms with Gasteiger partial charge in [0.15, 0.2) is 0 Å². The van der Waals surface area contributed by atoms with Gasteiger partial charge in [-0.2, -0.15) is 0 Å². The largest absolute Gasteiger partial charge is 0.497 e. The number of piperidine rings is 1. The summed E-state index contributed by atoms with van der Waals surface area (Å²) in [5.41, 5.74) is 1.82. The van der Waals surface area contributed by atoms with E-state index in [0.717, 1.165) is 35.8 Å². The van der Waals surface area contributed by atoms with Crippen LogP contribution in [0.2, 0.25) is 0 Å². The predicted octanol–water partition coefficient (Wildman–Crippen LogP) is 3.65. The third kappa shape index (κ3) is 5.53. The Balaban J connectivity index is 1.53. The second kappa shape index (κ2) is 10.0. The number of carbonyl (C=O) groups excluding carboxylic acids is 1. The lowest BCUT2D eigenvalue weighted by Gasteiger charge is -2.27. The van der Waals surface area contributed by atoms with Crippen LogP contribution >= 0.6 is 0 Å². The molecular formula is C22H30N4O3. The molecule has 1 fully saturated rings. The van der Waals surface area contributed by atoms with Gasteiger partial charge in [0.25, 0.3) is 0 Å². The summed E-state index contributed by atoms with van der Waals surface area (Å²) < 4.78 is 10.7. The van der Waals surface area contributed by atoms with Crippen molar-refractivity contribution in [1.29, 1.82) is 0 Å². The zero-order valence-corrected chi connectivity index (χ0v) is 17.4. The van der Waals surface area contributed by atoms with Crippen LogP contribution in [0.1, 0.15) is 43.4 Å². The smallest absolute Gasteiger partial charge is 0.315 e. The van der Waals surface area contributed by atoms with Crippen LogP contribution in [0, 0.1) is 0 Å². The van der Waals surface area contributed by atoms with E-state index in [1.807, 2.05) is 43.5 Å². The van der Waals surface area contributed by atoms with Crippen LogP contribution in [-0.4, -0.2) is 38.3 Å². The van der Waals surface area contributed by atoms with Gasteiger partial charge in [-0.15, -0.1) is 0 Å². The number of nitrogens with one attached hydrogen (secondary N) is 2. The van der Waals surface area contributed by atoms with Gasteiger partial charge in [0.1, 0.15) is 17.3 Å². The van der Waals surface area contributed by atoms with Gasteiger partial charge in [-0.05, 0) is 56.0 Å². The van der Waals surface area contributed by atoms with E-state index in [1.165, 1.54) is 19.3 Å². The van der Waals surface area contributed by atoms with Crippen molar-refractivity contribution in [2.75, 3.05) is 32.2 Å². The molecular weight excluding hydrogens is 368 g/mol. The monoisotopic (exact) mass is 398 g/mol. The van der Waals surface area contributed by atoms with Crippen LogP contribution < -0.4 is 25.0 Å². The fourth-order valence-electron chi connectivity index (χ4n) is 3.52. The lowest BCUT2D eigenvalue weighted by Crippen LogP contribution is -2.36. The lowest BCUT2D eigenvalue weighted by molar-refractivity contribution is 0.237. The molecule has 1 aromatic heterocycles. The summed E-state index contributed by atoms with van der Waals surface area (Å²) >= 11 is 0. The number of pyridine rings is 1. The maximum absolute atomic E-state index is 12.3. The molecule has 2 N–H and O–H groups in total. The second-order valence-corrected chi connectivity index (χ2v) is 7.23. The summed E-state index contributed by atoms with van der Waals surface area (Å²) in [5.74, 6) is 2.43. The zero-order chi connectivity index (χ0) is 20.6. The van der Waals surface area contributed by atoms with Crippen LogP contribution in [-0.2, 0) is 6.54 Å².